The third-order valence-electron chi connectivity index (χ3n) is 6.39. The van der Waals surface area contributed by atoms with E-state index in [-0.39, 0.29) is 16.9 Å². The van der Waals surface area contributed by atoms with Crippen molar-refractivity contribution in [3.63, 3.8) is 0 Å². The van der Waals surface area contributed by atoms with Gasteiger partial charge in [0.15, 0.2) is 0 Å². The highest BCUT2D eigenvalue weighted by molar-refractivity contribution is 14.1. The first-order valence-electron chi connectivity index (χ1n) is 11.6. The van der Waals surface area contributed by atoms with Gasteiger partial charge in [0.05, 0.1) is 17.5 Å². The Hall–Kier alpha value is -2.07. The predicted octanol–water partition coefficient (Wildman–Crippen LogP) is 7.53. The number of aromatic nitrogens is 1. The quantitative estimate of drug-likeness (QED) is 0.286. The molecule has 4 nitrogen and oxygen atoms in total. The first-order chi connectivity index (χ1) is 16.6. The van der Waals surface area contributed by atoms with E-state index in [0.29, 0.717) is 11.3 Å². The third-order valence-corrected chi connectivity index (χ3v) is 7.86. The van der Waals surface area contributed by atoms with Crippen molar-refractivity contribution >= 4 is 51.6 Å². The average molecular weight is 616 g/mol. The smallest absolute Gasteiger partial charge is 0.357 e. The molecule has 2 atom stereocenters. The second kappa shape index (κ2) is 10.9. The molecule has 1 aromatic heterocycles. The van der Waals surface area contributed by atoms with E-state index < -0.39 is 15.7 Å². The number of hydrogen-bond acceptors (Lipinski definition) is 3. The van der Waals surface area contributed by atoms with Gasteiger partial charge in [-0.15, -0.1) is 0 Å². The molecule has 0 bridgehead atoms. The normalized spacial score (nSPS) is 21.1. The summed E-state index contributed by atoms with van der Waals surface area (Å²) in [5, 5.41) is 2.55. The SMILES string of the molecule is Cc1ccc(C(=O)Nc2ccc(N3CCCCCC3)nc2)cc1C1C=C(Cl)C(C(F)(F)F)=CC1I. The molecule has 1 aromatic carbocycles. The molecule has 2 heterocycles. The van der Waals surface area contributed by atoms with Crippen molar-refractivity contribution in [1.29, 1.82) is 0 Å². The lowest BCUT2D eigenvalue weighted by Gasteiger charge is -2.26. The van der Waals surface area contributed by atoms with Crippen LogP contribution < -0.4 is 10.2 Å². The zero-order valence-electron chi connectivity index (χ0n) is 19.2. The lowest BCUT2D eigenvalue weighted by atomic mass is 9.86. The molecule has 2 aliphatic rings. The van der Waals surface area contributed by atoms with Crippen LogP contribution in [-0.4, -0.2) is 34.1 Å². The van der Waals surface area contributed by atoms with E-state index in [1.54, 1.807) is 24.4 Å². The minimum absolute atomic E-state index is 0.307. The number of aryl methyl sites for hydroxylation is 1. The topological polar surface area (TPSA) is 45.2 Å². The van der Waals surface area contributed by atoms with Crippen molar-refractivity contribution in [2.45, 2.75) is 48.6 Å². The summed E-state index contributed by atoms with van der Waals surface area (Å²) >= 11 is 7.98. The van der Waals surface area contributed by atoms with Crippen molar-refractivity contribution in [3.8, 4) is 0 Å². The highest BCUT2D eigenvalue weighted by Crippen LogP contribution is 2.43. The summed E-state index contributed by atoms with van der Waals surface area (Å²) in [4.78, 5) is 19.8. The van der Waals surface area contributed by atoms with Crippen LogP contribution in [-0.2, 0) is 0 Å². The molecule has 1 aliphatic carbocycles. The van der Waals surface area contributed by atoms with Crippen molar-refractivity contribution in [2.75, 3.05) is 23.3 Å². The van der Waals surface area contributed by atoms with E-state index in [4.69, 9.17) is 11.6 Å². The number of alkyl halides is 4. The van der Waals surface area contributed by atoms with Gasteiger partial charge < -0.3 is 10.2 Å². The fraction of sp³-hybridized carbons (Fsp3) is 0.385. The van der Waals surface area contributed by atoms with E-state index in [2.05, 4.69) is 15.2 Å². The lowest BCUT2D eigenvalue weighted by Crippen LogP contribution is -2.24. The number of allylic oxidation sites excluding steroid dienone is 4. The van der Waals surface area contributed by atoms with E-state index in [0.717, 1.165) is 49.0 Å². The van der Waals surface area contributed by atoms with Crippen LogP contribution in [0.5, 0.6) is 0 Å². The number of carbonyl (C=O) groups is 1. The maximum absolute atomic E-state index is 13.2. The van der Waals surface area contributed by atoms with Crippen molar-refractivity contribution in [3.05, 3.63) is 76.0 Å². The molecule has 2 unspecified atom stereocenters. The lowest BCUT2D eigenvalue weighted by molar-refractivity contribution is -0.0890. The molecule has 0 radical (unpaired) electrons. The van der Waals surface area contributed by atoms with Crippen LogP contribution in [0, 0.1) is 6.92 Å². The molecule has 0 saturated carbocycles. The van der Waals surface area contributed by atoms with Gasteiger partial charge in [0.1, 0.15) is 5.82 Å². The standard InChI is InChI=1S/C26H26ClF3IN3O/c1-16-6-7-17(12-19(16)20-13-22(27)21(14-23(20)31)26(28,29)30)25(35)33-18-8-9-24(32-15-18)34-10-4-2-3-5-11-34/h6-9,12-15,20,23H,2-5,10-11H2,1H3,(H,33,35). The number of halogens is 5. The number of benzene rings is 1. The second-order valence-electron chi connectivity index (χ2n) is 8.89. The van der Waals surface area contributed by atoms with Crippen LogP contribution in [0.15, 0.2) is 59.3 Å². The minimum Gasteiger partial charge on any atom is -0.357 e. The Balaban J connectivity index is 1.50. The molecular weight excluding hydrogens is 590 g/mol. The Morgan fingerprint density at radius 3 is 2.46 bits per heavy atom. The van der Waals surface area contributed by atoms with E-state index in [1.807, 2.05) is 41.6 Å². The van der Waals surface area contributed by atoms with Gasteiger partial charge in [-0.2, -0.15) is 13.2 Å². The van der Waals surface area contributed by atoms with Crippen LogP contribution in [0.3, 0.4) is 0 Å². The fourth-order valence-corrected chi connectivity index (χ4v) is 5.72. The van der Waals surface area contributed by atoms with Gasteiger partial charge in [0.2, 0.25) is 0 Å². The van der Waals surface area contributed by atoms with Crippen LogP contribution >= 0.6 is 34.2 Å². The maximum Gasteiger partial charge on any atom is 0.417 e. The molecule has 1 fully saturated rings. The van der Waals surface area contributed by atoms with Crippen LogP contribution in [0.1, 0.15) is 53.1 Å². The number of carbonyl (C=O) groups excluding carboxylic acids is 1. The highest BCUT2D eigenvalue weighted by Gasteiger charge is 2.39. The van der Waals surface area contributed by atoms with Crippen molar-refractivity contribution in [1.82, 2.24) is 4.98 Å². The molecule has 1 N–H and O–H groups in total. The zero-order chi connectivity index (χ0) is 25.2. The molecule has 186 valence electrons. The molecule has 0 spiro atoms. The molecular formula is C26H26ClF3IN3O. The summed E-state index contributed by atoms with van der Waals surface area (Å²) in [6, 6.07) is 9.00. The van der Waals surface area contributed by atoms with Crippen LogP contribution in [0.25, 0.3) is 0 Å². The number of anilines is 2. The average Bonchev–Trinajstić information content (AvgIpc) is 3.10. The Bertz CT molecular complexity index is 1140. The van der Waals surface area contributed by atoms with Gasteiger partial charge in [0, 0.05) is 33.5 Å². The van der Waals surface area contributed by atoms with Crippen molar-refractivity contribution in [2.24, 2.45) is 0 Å². The first-order valence-corrected chi connectivity index (χ1v) is 13.2. The number of nitrogens with zero attached hydrogens (tertiary/aromatic N) is 2. The van der Waals surface area contributed by atoms with E-state index in [1.165, 1.54) is 18.9 Å². The highest BCUT2D eigenvalue weighted by atomic mass is 127. The Morgan fingerprint density at radius 2 is 1.83 bits per heavy atom. The van der Waals surface area contributed by atoms with E-state index in [9.17, 15) is 18.0 Å². The zero-order valence-corrected chi connectivity index (χ0v) is 22.1. The van der Waals surface area contributed by atoms with Gasteiger partial charge in [-0.25, -0.2) is 4.98 Å². The number of nitrogens with one attached hydrogen (secondary N) is 1. The molecule has 1 saturated heterocycles. The number of amides is 1. The monoisotopic (exact) mass is 615 g/mol. The Kier molecular flexibility index (Phi) is 8.10. The number of rotatable bonds is 4. The summed E-state index contributed by atoms with van der Waals surface area (Å²) in [5.41, 5.74) is 1.82. The molecule has 9 heteroatoms. The molecule has 35 heavy (non-hydrogen) atoms. The third kappa shape index (κ3) is 6.20. The van der Waals surface area contributed by atoms with Crippen LogP contribution in [0.2, 0.25) is 0 Å². The summed E-state index contributed by atoms with van der Waals surface area (Å²) < 4.78 is 39.3. The van der Waals surface area contributed by atoms with Gasteiger partial charge in [-0.3, -0.25) is 4.79 Å². The Labute approximate surface area is 221 Å². The maximum atomic E-state index is 13.2. The summed E-state index contributed by atoms with van der Waals surface area (Å²) in [6.07, 6.45) is 4.52. The number of hydrogen-bond donors (Lipinski definition) is 1. The van der Waals surface area contributed by atoms with Crippen LogP contribution in [0.4, 0.5) is 24.7 Å². The van der Waals surface area contributed by atoms with Crippen molar-refractivity contribution < 1.29 is 18.0 Å². The molecule has 4 rings (SSSR count). The Morgan fingerprint density at radius 1 is 1.11 bits per heavy atom. The number of pyridine rings is 1. The minimum atomic E-state index is -4.50. The summed E-state index contributed by atoms with van der Waals surface area (Å²) in [5.74, 6) is 0.220. The van der Waals surface area contributed by atoms with Gasteiger partial charge in [-0.1, -0.05) is 65.3 Å². The first kappa shape index (κ1) is 26.0. The molecule has 2 aromatic rings. The van der Waals surface area contributed by atoms with Gasteiger partial charge in [0.25, 0.3) is 5.91 Å². The van der Waals surface area contributed by atoms with Gasteiger partial charge in [-0.05, 0) is 55.2 Å². The fourth-order valence-electron chi connectivity index (χ4n) is 4.46. The summed E-state index contributed by atoms with van der Waals surface area (Å²) in [6.45, 7) is 3.85. The van der Waals surface area contributed by atoms with E-state index >= 15 is 0 Å². The summed E-state index contributed by atoms with van der Waals surface area (Å²) in [7, 11) is 0. The van der Waals surface area contributed by atoms with Gasteiger partial charge >= 0.3 is 6.18 Å². The predicted molar refractivity (Wildman–Crippen MR) is 143 cm³/mol. The molecule has 1 amide bonds. The largest absolute Gasteiger partial charge is 0.417 e. The second-order valence-corrected chi connectivity index (χ2v) is 10.7. The molecule has 1 aliphatic heterocycles.